The number of nitrogens with one attached hydrogen (secondary N) is 1. The molecule has 0 aliphatic heterocycles. The molecule has 2 aromatic heterocycles. The van der Waals surface area contributed by atoms with Crippen LogP contribution in [0.25, 0.3) is 5.78 Å². The minimum atomic E-state index is -4.72. The van der Waals surface area contributed by atoms with Gasteiger partial charge in [0.2, 0.25) is 0 Å². The van der Waals surface area contributed by atoms with Gasteiger partial charge in [0.25, 0.3) is 5.78 Å². The SMILES string of the molecule is Cc1cc(NC(c2ccc(C(F)(F)F)c(F)c2)C(C)C)n2ncnc2n1. The van der Waals surface area contributed by atoms with Gasteiger partial charge in [-0.15, -0.1) is 0 Å². The van der Waals surface area contributed by atoms with Gasteiger partial charge in [0.05, 0.1) is 11.6 Å². The average Bonchev–Trinajstić information content (AvgIpc) is 2.98. The first-order valence-corrected chi connectivity index (χ1v) is 7.97. The predicted molar refractivity (Wildman–Crippen MR) is 88.1 cm³/mol. The quantitative estimate of drug-likeness (QED) is 0.695. The van der Waals surface area contributed by atoms with Crippen LogP contribution in [0.15, 0.2) is 30.6 Å². The van der Waals surface area contributed by atoms with Crippen molar-refractivity contribution in [2.24, 2.45) is 5.92 Å². The van der Waals surface area contributed by atoms with E-state index in [0.717, 1.165) is 12.1 Å². The van der Waals surface area contributed by atoms with E-state index >= 15 is 0 Å². The van der Waals surface area contributed by atoms with Crippen LogP contribution in [-0.4, -0.2) is 19.6 Å². The first-order valence-electron chi connectivity index (χ1n) is 7.97. The number of aromatic nitrogens is 4. The lowest BCUT2D eigenvalue weighted by Gasteiger charge is -2.25. The molecular weight excluding hydrogens is 350 g/mol. The molecule has 1 N–H and O–H groups in total. The molecule has 0 saturated carbocycles. The van der Waals surface area contributed by atoms with Crippen LogP contribution in [0.5, 0.6) is 0 Å². The molecule has 3 aromatic rings. The largest absolute Gasteiger partial charge is 0.419 e. The van der Waals surface area contributed by atoms with Gasteiger partial charge in [-0.3, -0.25) is 0 Å². The maximum atomic E-state index is 14.0. The molecule has 9 heteroatoms. The highest BCUT2D eigenvalue weighted by Gasteiger charge is 2.34. The van der Waals surface area contributed by atoms with Crippen molar-refractivity contribution in [2.45, 2.75) is 33.0 Å². The molecule has 0 spiro atoms. The lowest BCUT2D eigenvalue weighted by atomic mass is 9.94. The van der Waals surface area contributed by atoms with E-state index in [2.05, 4.69) is 20.4 Å². The molecule has 0 bridgehead atoms. The van der Waals surface area contributed by atoms with Gasteiger partial charge in [-0.05, 0) is 30.5 Å². The predicted octanol–water partition coefficient (Wildman–Crippen LogP) is 4.40. The molecule has 1 unspecified atom stereocenters. The molecule has 0 aliphatic rings. The number of fused-ring (bicyclic) bond motifs is 1. The van der Waals surface area contributed by atoms with Crippen LogP contribution in [0.3, 0.4) is 0 Å². The summed E-state index contributed by atoms with van der Waals surface area (Å²) in [6.45, 7) is 5.57. The fourth-order valence-corrected chi connectivity index (χ4v) is 2.78. The topological polar surface area (TPSA) is 55.1 Å². The van der Waals surface area contributed by atoms with Gasteiger partial charge in [0.1, 0.15) is 18.0 Å². The number of halogens is 4. The van der Waals surface area contributed by atoms with E-state index in [1.54, 1.807) is 13.0 Å². The molecule has 3 rings (SSSR count). The molecular formula is C17H17F4N5. The molecule has 1 aromatic carbocycles. The highest BCUT2D eigenvalue weighted by Crippen LogP contribution is 2.34. The van der Waals surface area contributed by atoms with E-state index in [1.807, 2.05) is 13.8 Å². The van der Waals surface area contributed by atoms with Crippen LogP contribution in [0.2, 0.25) is 0 Å². The van der Waals surface area contributed by atoms with Crippen molar-refractivity contribution >= 4 is 11.6 Å². The van der Waals surface area contributed by atoms with Gasteiger partial charge in [-0.1, -0.05) is 19.9 Å². The normalized spacial score (nSPS) is 13.4. The van der Waals surface area contributed by atoms with Crippen molar-refractivity contribution in [1.29, 1.82) is 0 Å². The Bertz CT molecular complexity index is 933. The van der Waals surface area contributed by atoms with Crippen molar-refractivity contribution in [1.82, 2.24) is 19.6 Å². The fraction of sp³-hybridized carbons (Fsp3) is 0.353. The lowest BCUT2D eigenvalue weighted by Crippen LogP contribution is -2.20. The maximum absolute atomic E-state index is 14.0. The fourth-order valence-electron chi connectivity index (χ4n) is 2.78. The molecule has 5 nitrogen and oxygen atoms in total. The molecule has 0 radical (unpaired) electrons. The van der Waals surface area contributed by atoms with Gasteiger partial charge in [0, 0.05) is 11.8 Å². The van der Waals surface area contributed by atoms with Crippen LogP contribution in [0.4, 0.5) is 23.4 Å². The summed E-state index contributed by atoms with van der Waals surface area (Å²) in [6, 6.07) is 4.30. The second kappa shape index (κ2) is 6.54. The second-order valence-electron chi connectivity index (χ2n) is 6.36. The molecule has 0 saturated heterocycles. The van der Waals surface area contributed by atoms with Crippen LogP contribution in [0.1, 0.15) is 36.7 Å². The lowest BCUT2D eigenvalue weighted by molar-refractivity contribution is -0.140. The number of alkyl halides is 3. The first-order chi connectivity index (χ1) is 12.2. The zero-order valence-electron chi connectivity index (χ0n) is 14.3. The smallest absolute Gasteiger partial charge is 0.363 e. The summed E-state index contributed by atoms with van der Waals surface area (Å²) in [4.78, 5) is 8.27. The first kappa shape index (κ1) is 18.1. The second-order valence-corrected chi connectivity index (χ2v) is 6.36. The van der Waals surface area contributed by atoms with E-state index in [9.17, 15) is 17.6 Å². The number of nitrogens with zero attached hydrogens (tertiary/aromatic N) is 4. The van der Waals surface area contributed by atoms with E-state index in [4.69, 9.17) is 0 Å². The van der Waals surface area contributed by atoms with E-state index < -0.39 is 23.6 Å². The Labute approximate surface area is 147 Å². The summed E-state index contributed by atoms with van der Waals surface area (Å²) in [7, 11) is 0. The van der Waals surface area contributed by atoms with Crippen LogP contribution in [-0.2, 0) is 6.18 Å². The van der Waals surface area contributed by atoms with Crippen molar-refractivity contribution in [3.63, 3.8) is 0 Å². The number of aryl methyl sites for hydroxylation is 1. The minimum absolute atomic E-state index is 0.0295. The van der Waals surface area contributed by atoms with Crippen LogP contribution >= 0.6 is 0 Å². The van der Waals surface area contributed by atoms with Crippen molar-refractivity contribution in [2.75, 3.05) is 5.32 Å². The van der Waals surface area contributed by atoms with Gasteiger partial charge in [-0.25, -0.2) is 9.37 Å². The third kappa shape index (κ3) is 3.47. The van der Waals surface area contributed by atoms with E-state index in [1.165, 1.54) is 16.9 Å². The number of anilines is 1. The Kier molecular flexibility index (Phi) is 4.55. The molecule has 0 amide bonds. The zero-order chi connectivity index (χ0) is 19.1. The number of rotatable bonds is 4. The Morgan fingerprint density at radius 3 is 2.50 bits per heavy atom. The molecule has 2 heterocycles. The number of benzene rings is 1. The van der Waals surface area contributed by atoms with Crippen molar-refractivity contribution < 1.29 is 17.6 Å². The summed E-state index contributed by atoms with van der Waals surface area (Å²) < 4.78 is 53.8. The summed E-state index contributed by atoms with van der Waals surface area (Å²) in [5.74, 6) is -0.352. The monoisotopic (exact) mass is 367 g/mol. The Morgan fingerprint density at radius 1 is 1.15 bits per heavy atom. The Balaban J connectivity index is 2.00. The number of hydrogen-bond donors (Lipinski definition) is 1. The van der Waals surface area contributed by atoms with Gasteiger partial charge in [-0.2, -0.15) is 27.8 Å². The molecule has 0 fully saturated rings. The van der Waals surface area contributed by atoms with Crippen LogP contribution in [0, 0.1) is 18.7 Å². The standard InChI is InChI=1S/C17H17F4N5/c1-9(2)15(11-4-5-12(13(18)7-11)17(19,20)21)25-14-6-10(3)24-16-22-8-23-26(14)16/h4-9,15,25H,1-3H3. The van der Waals surface area contributed by atoms with E-state index in [0.29, 0.717) is 22.9 Å². The summed E-state index contributed by atoms with van der Waals surface area (Å²) in [5.41, 5.74) is -0.162. The minimum Gasteiger partial charge on any atom is -0.363 e. The van der Waals surface area contributed by atoms with Gasteiger partial charge < -0.3 is 5.32 Å². The van der Waals surface area contributed by atoms with E-state index in [-0.39, 0.29) is 5.92 Å². The van der Waals surface area contributed by atoms with Gasteiger partial charge >= 0.3 is 6.18 Å². The maximum Gasteiger partial charge on any atom is 0.419 e. The third-order valence-corrected chi connectivity index (χ3v) is 4.01. The highest BCUT2D eigenvalue weighted by atomic mass is 19.4. The summed E-state index contributed by atoms with van der Waals surface area (Å²) in [5, 5.41) is 7.31. The highest BCUT2D eigenvalue weighted by molar-refractivity contribution is 5.47. The molecule has 26 heavy (non-hydrogen) atoms. The van der Waals surface area contributed by atoms with Gasteiger partial charge in [0.15, 0.2) is 0 Å². The molecule has 1 atom stereocenters. The summed E-state index contributed by atoms with van der Waals surface area (Å²) >= 11 is 0. The Hall–Kier alpha value is -2.71. The molecule has 138 valence electrons. The zero-order valence-corrected chi connectivity index (χ0v) is 14.3. The number of hydrogen-bond acceptors (Lipinski definition) is 4. The summed E-state index contributed by atoms with van der Waals surface area (Å²) in [6.07, 6.45) is -3.37. The molecule has 0 aliphatic carbocycles. The Morgan fingerprint density at radius 2 is 1.88 bits per heavy atom. The third-order valence-electron chi connectivity index (χ3n) is 4.01. The van der Waals surface area contributed by atoms with Crippen LogP contribution < -0.4 is 5.32 Å². The van der Waals surface area contributed by atoms with Crippen molar-refractivity contribution in [3.05, 3.63) is 53.2 Å². The van der Waals surface area contributed by atoms with Crippen molar-refractivity contribution in [3.8, 4) is 0 Å². The average molecular weight is 367 g/mol.